The van der Waals surface area contributed by atoms with E-state index in [4.69, 9.17) is 14.6 Å². The summed E-state index contributed by atoms with van der Waals surface area (Å²) in [6, 6.07) is 1.21. The Hall–Kier alpha value is -1.78. The molecule has 0 heterocycles. The van der Waals surface area contributed by atoms with Gasteiger partial charge in [-0.25, -0.2) is 17.9 Å². The summed E-state index contributed by atoms with van der Waals surface area (Å²) in [5, 5.41) is 15.5. The van der Waals surface area contributed by atoms with Gasteiger partial charge in [-0.1, -0.05) is 0 Å². The minimum Gasteiger partial charge on any atom is -0.487 e. The number of halogens is 1. The van der Waals surface area contributed by atoms with Crippen molar-refractivity contribution in [1.82, 2.24) is 0 Å². The molecule has 0 radical (unpaired) electrons. The van der Waals surface area contributed by atoms with Crippen molar-refractivity contribution < 1.29 is 27.2 Å². The molecule has 10 heteroatoms. The van der Waals surface area contributed by atoms with Crippen LogP contribution in [-0.2, 0) is 14.8 Å². The Morgan fingerprint density at radius 3 is 2.55 bits per heavy atom. The lowest BCUT2D eigenvalue weighted by molar-refractivity contribution is -0.385. The van der Waals surface area contributed by atoms with E-state index in [0.717, 1.165) is 0 Å². The first-order valence-corrected chi connectivity index (χ1v) is 7.03. The molecule has 0 aliphatic heterocycles. The second kappa shape index (κ2) is 6.59. The van der Waals surface area contributed by atoms with Crippen LogP contribution < -0.4 is 9.88 Å². The fourth-order valence-electron chi connectivity index (χ4n) is 1.36. The zero-order valence-corrected chi connectivity index (χ0v) is 11.4. The van der Waals surface area contributed by atoms with Crippen molar-refractivity contribution >= 4 is 15.7 Å². The van der Waals surface area contributed by atoms with Gasteiger partial charge in [0.25, 0.3) is 5.69 Å². The van der Waals surface area contributed by atoms with Crippen LogP contribution in [0.5, 0.6) is 5.75 Å². The van der Waals surface area contributed by atoms with Crippen LogP contribution in [-0.4, -0.2) is 33.2 Å². The van der Waals surface area contributed by atoms with Gasteiger partial charge in [0, 0.05) is 12.7 Å². The molecule has 8 nitrogen and oxygen atoms in total. The topological polar surface area (TPSA) is 122 Å². The third kappa shape index (κ3) is 4.11. The van der Waals surface area contributed by atoms with Gasteiger partial charge in [-0.15, -0.1) is 0 Å². The van der Waals surface area contributed by atoms with E-state index in [1.165, 1.54) is 0 Å². The van der Waals surface area contributed by atoms with Crippen LogP contribution in [0, 0.1) is 15.9 Å². The highest BCUT2D eigenvalue weighted by atomic mass is 32.2. The Bertz CT molecular complexity index is 604. The van der Waals surface area contributed by atoms with Crippen molar-refractivity contribution in [2.45, 2.75) is 11.8 Å². The lowest BCUT2D eigenvalue weighted by atomic mass is 10.3. The van der Waals surface area contributed by atoms with E-state index in [-0.39, 0.29) is 13.2 Å². The molecule has 0 unspecified atom stereocenters. The molecule has 0 amide bonds. The zero-order chi connectivity index (χ0) is 15.3. The van der Waals surface area contributed by atoms with Crippen molar-refractivity contribution in [3.05, 3.63) is 28.1 Å². The number of nitrogens with zero attached hydrogens (tertiary/aromatic N) is 1. The van der Waals surface area contributed by atoms with Gasteiger partial charge in [0.05, 0.1) is 17.6 Å². The Kier molecular flexibility index (Phi) is 5.36. The van der Waals surface area contributed by atoms with E-state index in [2.05, 4.69) is 0 Å². The number of nitro groups is 1. The predicted molar refractivity (Wildman–Crippen MR) is 66.4 cm³/mol. The number of nitro benzene ring substituents is 1. The second-order valence-electron chi connectivity index (χ2n) is 3.60. The van der Waals surface area contributed by atoms with E-state index < -0.39 is 37.1 Å². The standard InChI is InChI=1S/C10H13FN2O6S/c1-2-18-3-4-19-10-8(11)5-7(13(14)15)6-9(10)20(12,16)17/h5-6H,2-4H2,1H3,(H2,12,16,17). The van der Waals surface area contributed by atoms with Gasteiger partial charge < -0.3 is 9.47 Å². The summed E-state index contributed by atoms with van der Waals surface area (Å²) in [6.07, 6.45) is 0. The van der Waals surface area contributed by atoms with Gasteiger partial charge in [0.2, 0.25) is 10.0 Å². The minimum absolute atomic E-state index is 0.108. The molecule has 0 aromatic heterocycles. The highest BCUT2D eigenvalue weighted by Crippen LogP contribution is 2.31. The average molecular weight is 308 g/mol. The van der Waals surface area contributed by atoms with Crippen LogP contribution >= 0.6 is 0 Å². The first-order valence-electron chi connectivity index (χ1n) is 5.48. The third-order valence-corrected chi connectivity index (χ3v) is 3.11. The second-order valence-corrected chi connectivity index (χ2v) is 5.13. The maximum atomic E-state index is 13.7. The number of rotatable bonds is 7. The highest BCUT2D eigenvalue weighted by Gasteiger charge is 2.24. The average Bonchev–Trinajstić information content (AvgIpc) is 2.34. The maximum Gasteiger partial charge on any atom is 0.274 e. The predicted octanol–water partition coefficient (Wildman–Crippen LogP) is 0.797. The van der Waals surface area contributed by atoms with Crippen molar-refractivity contribution in [2.75, 3.05) is 19.8 Å². The summed E-state index contributed by atoms with van der Waals surface area (Å²) < 4.78 is 46.3. The van der Waals surface area contributed by atoms with Crippen molar-refractivity contribution in [3.8, 4) is 5.75 Å². The van der Waals surface area contributed by atoms with Crippen LogP contribution in [0.3, 0.4) is 0 Å². The molecule has 1 rings (SSSR count). The van der Waals surface area contributed by atoms with Crippen LogP contribution in [0.2, 0.25) is 0 Å². The SMILES string of the molecule is CCOCCOc1c(F)cc([N+](=O)[O-])cc1S(N)(=O)=O. The Balaban J connectivity index is 3.18. The summed E-state index contributed by atoms with van der Waals surface area (Å²) in [4.78, 5) is 8.88. The molecule has 20 heavy (non-hydrogen) atoms. The normalized spacial score (nSPS) is 11.3. The number of ether oxygens (including phenoxy) is 2. The Morgan fingerprint density at radius 1 is 1.40 bits per heavy atom. The lowest BCUT2D eigenvalue weighted by Gasteiger charge is -2.11. The van der Waals surface area contributed by atoms with Crippen LogP contribution in [0.25, 0.3) is 0 Å². The van der Waals surface area contributed by atoms with Gasteiger partial charge >= 0.3 is 0 Å². The molecular weight excluding hydrogens is 295 g/mol. The zero-order valence-electron chi connectivity index (χ0n) is 10.5. The molecule has 1 aromatic rings. The quantitative estimate of drug-likeness (QED) is 0.451. The minimum atomic E-state index is -4.36. The molecule has 0 bridgehead atoms. The van der Waals surface area contributed by atoms with Crippen LogP contribution in [0.4, 0.5) is 10.1 Å². The van der Waals surface area contributed by atoms with Crippen LogP contribution in [0.1, 0.15) is 6.92 Å². The van der Waals surface area contributed by atoms with Crippen molar-refractivity contribution in [1.29, 1.82) is 0 Å². The molecule has 0 saturated heterocycles. The number of sulfonamides is 1. The van der Waals surface area contributed by atoms with Crippen molar-refractivity contribution in [2.24, 2.45) is 5.14 Å². The monoisotopic (exact) mass is 308 g/mol. The highest BCUT2D eigenvalue weighted by molar-refractivity contribution is 7.89. The lowest BCUT2D eigenvalue weighted by Crippen LogP contribution is -2.16. The smallest absolute Gasteiger partial charge is 0.274 e. The summed E-state index contributed by atoms with van der Waals surface area (Å²) in [7, 11) is -4.36. The number of nitrogens with two attached hydrogens (primary N) is 1. The summed E-state index contributed by atoms with van der Waals surface area (Å²) in [5.41, 5.74) is -0.733. The van der Waals surface area contributed by atoms with Gasteiger partial charge in [-0.05, 0) is 6.92 Å². The number of benzene rings is 1. The van der Waals surface area contributed by atoms with Gasteiger partial charge in [-0.2, -0.15) is 0 Å². The van der Waals surface area contributed by atoms with Gasteiger partial charge in [0.15, 0.2) is 11.6 Å². The third-order valence-electron chi connectivity index (χ3n) is 2.19. The molecular formula is C10H13FN2O6S. The van der Waals surface area contributed by atoms with Crippen LogP contribution in [0.15, 0.2) is 17.0 Å². The summed E-state index contributed by atoms with van der Waals surface area (Å²) in [6.45, 7) is 2.14. The molecule has 0 atom stereocenters. The van der Waals surface area contributed by atoms with Gasteiger partial charge in [-0.3, -0.25) is 10.1 Å². The first-order chi connectivity index (χ1) is 9.27. The van der Waals surface area contributed by atoms with E-state index in [1.807, 2.05) is 0 Å². The largest absolute Gasteiger partial charge is 0.487 e. The Morgan fingerprint density at radius 2 is 2.05 bits per heavy atom. The molecule has 0 saturated carbocycles. The number of hydrogen-bond donors (Lipinski definition) is 1. The fourth-order valence-corrected chi connectivity index (χ4v) is 2.06. The van der Waals surface area contributed by atoms with E-state index in [1.54, 1.807) is 6.92 Å². The molecule has 0 aliphatic carbocycles. The molecule has 1 aromatic carbocycles. The number of primary sulfonamides is 1. The molecule has 2 N–H and O–H groups in total. The molecule has 0 fully saturated rings. The Labute approximate surface area is 114 Å². The number of hydrogen-bond acceptors (Lipinski definition) is 6. The van der Waals surface area contributed by atoms with E-state index in [0.29, 0.717) is 18.7 Å². The van der Waals surface area contributed by atoms with Gasteiger partial charge in [0.1, 0.15) is 11.5 Å². The van der Waals surface area contributed by atoms with E-state index >= 15 is 0 Å². The summed E-state index contributed by atoms with van der Waals surface area (Å²) in [5.74, 6) is -1.84. The van der Waals surface area contributed by atoms with Crippen molar-refractivity contribution in [3.63, 3.8) is 0 Å². The van der Waals surface area contributed by atoms with E-state index in [9.17, 15) is 22.9 Å². The first kappa shape index (κ1) is 16.3. The maximum absolute atomic E-state index is 13.7. The molecule has 0 spiro atoms. The fraction of sp³-hybridized carbons (Fsp3) is 0.400. The summed E-state index contributed by atoms with van der Waals surface area (Å²) >= 11 is 0. The molecule has 0 aliphatic rings. The number of non-ortho nitro benzene ring substituents is 1. The molecule has 112 valence electrons.